The molecule has 1 atom stereocenters. The SMILES string of the molecule is COP(=O)(OCCl)OP(=O)(O)O.[Ba+2].[H-].[H-]. The van der Waals surface area contributed by atoms with Gasteiger partial charge in [-0.1, -0.05) is 11.6 Å². The zero-order chi connectivity index (χ0) is 9.83. The Hall–Kier alpha value is 2.12. The summed E-state index contributed by atoms with van der Waals surface area (Å²) >= 11 is 4.99. The maximum absolute atomic E-state index is 11.0. The van der Waals surface area contributed by atoms with Crippen LogP contribution in [-0.2, 0) is 22.5 Å². The summed E-state index contributed by atoms with van der Waals surface area (Å²) in [6, 6.07) is -0.564. The van der Waals surface area contributed by atoms with E-state index in [2.05, 4.69) is 13.4 Å². The van der Waals surface area contributed by atoms with Gasteiger partial charge in [0.2, 0.25) is 0 Å². The van der Waals surface area contributed by atoms with Gasteiger partial charge in [0.15, 0.2) is 0 Å². The van der Waals surface area contributed by atoms with Crippen LogP contribution >= 0.6 is 27.2 Å². The Kier molecular flexibility index (Phi) is 9.97. The summed E-state index contributed by atoms with van der Waals surface area (Å²) in [7, 11) is -8.22. The van der Waals surface area contributed by atoms with Crippen LogP contribution in [0.25, 0.3) is 0 Å². The molecular formula is C2H9BaClO7P2. The van der Waals surface area contributed by atoms with Crippen LogP contribution in [0.4, 0.5) is 0 Å². The Morgan fingerprint density at radius 2 is 1.92 bits per heavy atom. The van der Waals surface area contributed by atoms with Crippen LogP contribution in [-0.4, -0.2) is 71.8 Å². The third kappa shape index (κ3) is 9.07. The number of rotatable bonds is 5. The molecule has 0 fully saturated rings. The molecular weight excluding hydrogens is 371 g/mol. The van der Waals surface area contributed by atoms with E-state index in [0.29, 0.717) is 0 Å². The largest absolute Gasteiger partial charge is 2.00 e. The van der Waals surface area contributed by atoms with Crippen LogP contribution in [0, 0.1) is 0 Å². The van der Waals surface area contributed by atoms with Gasteiger partial charge in [0.05, 0.1) is 0 Å². The maximum Gasteiger partial charge on any atom is 2.00 e. The summed E-state index contributed by atoms with van der Waals surface area (Å²) in [6.45, 7) is 0. The average Bonchev–Trinajstić information content (AvgIpc) is 1.84. The molecule has 0 aliphatic carbocycles. The van der Waals surface area contributed by atoms with Gasteiger partial charge in [-0.05, 0) is 0 Å². The summed E-state index contributed by atoms with van der Waals surface area (Å²) in [4.78, 5) is 16.4. The second-order valence-corrected chi connectivity index (χ2v) is 4.81. The monoisotopic (exact) mass is 380 g/mol. The van der Waals surface area contributed by atoms with Crippen molar-refractivity contribution in [3.8, 4) is 0 Å². The minimum absolute atomic E-state index is 0. The van der Waals surface area contributed by atoms with E-state index in [0.717, 1.165) is 7.11 Å². The van der Waals surface area contributed by atoms with E-state index in [-0.39, 0.29) is 51.7 Å². The first kappa shape index (κ1) is 17.5. The summed E-state index contributed by atoms with van der Waals surface area (Å²) in [5, 5.41) is 0. The molecule has 78 valence electrons. The third-order valence-electron chi connectivity index (χ3n) is 0.637. The molecule has 0 aromatic rings. The summed E-state index contributed by atoms with van der Waals surface area (Å²) in [5.41, 5.74) is 0. The van der Waals surface area contributed by atoms with Crippen molar-refractivity contribution in [2.75, 3.05) is 13.2 Å². The molecule has 0 bridgehead atoms. The first-order chi connectivity index (χ1) is 5.33. The first-order valence-electron chi connectivity index (χ1n) is 2.46. The molecule has 0 rings (SSSR count). The summed E-state index contributed by atoms with van der Waals surface area (Å²) in [6.07, 6.45) is 0. The van der Waals surface area contributed by atoms with Crippen molar-refractivity contribution in [3.05, 3.63) is 0 Å². The maximum atomic E-state index is 11.0. The van der Waals surface area contributed by atoms with Gasteiger partial charge in [0.1, 0.15) is 6.07 Å². The fourth-order valence-corrected chi connectivity index (χ4v) is 2.38. The zero-order valence-electron chi connectivity index (χ0n) is 8.62. The van der Waals surface area contributed by atoms with Crippen LogP contribution in [0.5, 0.6) is 0 Å². The van der Waals surface area contributed by atoms with Crippen molar-refractivity contribution >= 4 is 76.1 Å². The molecule has 0 saturated heterocycles. The molecule has 0 aromatic heterocycles. The quantitative estimate of drug-likeness (QED) is 0.415. The second kappa shape index (κ2) is 7.40. The second-order valence-electron chi connectivity index (χ2n) is 1.44. The van der Waals surface area contributed by atoms with Crippen LogP contribution in [0.1, 0.15) is 2.85 Å². The van der Waals surface area contributed by atoms with Crippen LogP contribution in [0.2, 0.25) is 0 Å². The van der Waals surface area contributed by atoms with Crippen molar-refractivity contribution in [3.63, 3.8) is 0 Å². The standard InChI is InChI=1S/C2H7ClO7P2.Ba.2H/c1-8-12(7,9-2-3)10-11(4,5)6;;;/h2H2,1H3,(H2,4,5,6);;;/q;+2;2*-1. The first-order valence-corrected chi connectivity index (χ1v) is 5.99. The molecule has 7 nitrogen and oxygen atoms in total. The van der Waals surface area contributed by atoms with Crippen molar-refractivity contribution in [1.29, 1.82) is 0 Å². The van der Waals surface area contributed by atoms with E-state index in [1.807, 2.05) is 0 Å². The molecule has 0 aliphatic heterocycles. The number of phosphoric acid groups is 2. The molecule has 0 spiro atoms. The van der Waals surface area contributed by atoms with Crippen molar-refractivity contribution in [1.82, 2.24) is 0 Å². The summed E-state index contributed by atoms with van der Waals surface area (Å²) in [5.74, 6) is 0. The summed E-state index contributed by atoms with van der Waals surface area (Å²) < 4.78 is 33.1. The van der Waals surface area contributed by atoms with Crippen molar-refractivity contribution < 1.29 is 35.1 Å². The fraction of sp³-hybridized carbons (Fsp3) is 1.00. The van der Waals surface area contributed by atoms with E-state index in [1.54, 1.807) is 0 Å². The van der Waals surface area contributed by atoms with Gasteiger partial charge < -0.3 is 12.6 Å². The number of halogens is 1. The Morgan fingerprint density at radius 3 is 2.15 bits per heavy atom. The number of alkyl halides is 1. The van der Waals surface area contributed by atoms with Crippen LogP contribution in [0.15, 0.2) is 0 Å². The molecule has 0 aliphatic rings. The minimum Gasteiger partial charge on any atom is -1.00 e. The predicted molar refractivity (Wildman–Crippen MR) is 47.5 cm³/mol. The van der Waals surface area contributed by atoms with Gasteiger partial charge in [0.25, 0.3) is 0 Å². The fourth-order valence-electron chi connectivity index (χ4n) is 0.300. The molecule has 0 amide bonds. The van der Waals surface area contributed by atoms with Crippen LogP contribution < -0.4 is 0 Å². The molecule has 0 saturated carbocycles. The van der Waals surface area contributed by atoms with Gasteiger partial charge in [-0.3, -0.25) is 9.05 Å². The number of hydrogen-bond acceptors (Lipinski definition) is 5. The Labute approximate surface area is 123 Å². The predicted octanol–water partition coefficient (Wildman–Crippen LogP) is 0.907. The molecule has 11 heteroatoms. The van der Waals surface area contributed by atoms with E-state index in [4.69, 9.17) is 21.4 Å². The number of hydrogen-bond donors (Lipinski definition) is 2. The molecule has 13 heavy (non-hydrogen) atoms. The molecule has 2 N–H and O–H groups in total. The average molecular weight is 380 g/mol. The Bertz CT molecular complexity index is 235. The third-order valence-corrected chi connectivity index (χ3v) is 3.44. The zero-order valence-corrected chi connectivity index (χ0v) is 13.6. The van der Waals surface area contributed by atoms with E-state index >= 15 is 0 Å². The normalized spacial score (nSPS) is 16.0. The van der Waals surface area contributed by atoms with Gasteiger partial charge in [-0.15, -0.1) is 0 Å². The molecule has 1 unspecified atom stereocenters. The van der Waals surface area contributed by atoms with E-state index in [9.17, 15) is 9.13 Å². The molecule has 0 heterocycles. The van der Waals surface area contributed by atoms with Crippen molar-refractivity contribution in [2.45, 2.75) is 0 Å². The number of phosphoric ester groups is 1. The van der Waals surface area contributed by atoms with Gasteiger partial charge in [-0.25, -0.2) is 9.13 Å². The molecule has 0 aromatic carbocycles. The van der Waals surface area contributed by atoms with Gasteiger partial charge in [0, 0.05) is 7.11 Å². The topological polar surface area (TPSA) is 102 Å². The molecule has 0 radical (unpaired) electrons. The van der Waals surface area contributed by atoms with Crippen molar-refractivity contribution in [2.24, 2.45) is 0 Å². The van der Waals surface area contributed by atoms with E-state index < -0.39 is 21.7 Å². The van der Waals surface area contributed by atoms with Gasteiger partial charge in [-0.2, -0.15) is 4.31 Å². The minimum atomic E-state index is -4.91. The van der Waals surface area contributed by atoms with Gasteiger partial charge >= 0.3 is 64.5 Å². The van der Waals surface area contributed by atoms with Crippen LogP contribution in [0.3, 0.4) is 0 Å². The smallest absolute Gasteiger partial charge is 1.00 e. The Balaban J connectivity index is -0.000000202. The van der Waals surface area contributed by atoms with E-state index in [1.165, 1.54) is 0 Å². The Morgan fingerprint density at radius 1 is 1.46 bits per heavy atom.